The van der Waals surface area contributed by atoms with Crippen molar-refractivity contribution in [2.24, 2.45) is 5.92 Å². The van der Waals surface area contributed by atoms with Crippen LogP contribution < -0.4 is 14.8 Å². The highest BCUT2D eigenvalue weighted by molar-refractivity contribution is 5.27. The van der Waals surface area contributed by atoms with Gasteiger partial charge in [-0.1, -0.05) is 33.1 Å². The van der Waals surface area contributed by atoms with Crippen molar-refractivity contribution in [1.29, 1.82) is 0 Å². The fourth-order valence-electron chi connectivity index (χ4n) is 2.07. The lowest BCUT2D eigenvalue weighted by Crippen LogP contribution is -2.16. The van der Waals surface area contributed by atoms with Crippen molar-refractivity contribution in [2.45, 2.75) is 52.4 Å². The summed E-state index contributed by atoms with van der Waals surface area (Å²) in [6.07, 6.45) is 7.02. The van der Waals surface area contributed by atoms with Gasteiger partial charge in [0.1, 0.15) is 0 Å². The first-order chi connectivity index (χ1) is 10.3. The second-order valence-corrected chi connectivity index (χ2v) is 5.43. The van der Waals surface area contributed by atoms with Crippen LogP contribution in [-0.4, -0.2) is 34.7 Å². The molecule has 6 heteroatoms. The summed E-state index contributed by atoms with van der Waals surface area (Å²) in [5, 5.41) is 3.15. The summed E-state index contributed by atoms with van der Waals surface area (Å²) in [6, 6.07) is 0.693. The zero-order valence-corrected chi connectivity index (χ0v) is 13.1. The van der Waals surface area contributed by atoms with Gasteiger partial charge in [0.15, 0.2) is 0 Å². The molecular formula is C15H26N4O2. The van der Waals surface area contributed by atoms with E-state index in [0.717, 1.165) is 31.7 Å². The van der Waals surface area contributed by atoms with Gasteiger partial charge in [-0.05, 0) is 25.2 Å². The highest BCUT2D eigenvalue weighted by Crippen LogP contribution is 2.29. The third kappa shape index (κ3) is 5.36. The van der Waals surface area contributed by atoms with E-state index in [1.54, 1.807) is 0 Å². The average molecular weight is 294 g/mol. The summed E-state index contributed by atoms with van der Waals surface area (Å²) in [5.74, 6) is 1.34. The third-order valence-corrected chi connectivity index (χ3v) is 3.54. The van der Waals surface area contributed by atoms with Crippen LogP contribution in [0.4, 0.5) is 5.95 Å². The van der Waals surface area contributed by atoms with Gasteiger partial charge in [-0.2, -0.15) is 9.97 Å². The van der Waals surface area contributed by atoms with Crippen LogP contribution >= 0.6 is 0 Å². The van der Waals surface area contributed by atoms with Crippen LogP contribution in [0.5, 0.6) is 12.0 Å². The van der Waals surface area contributed by atoms with Crippen LogP contribution in [0.3, 0.4) is 0 Å². The predicted octanol–water partition coefficient (Wildman–Crippen LogP) is 3.05. The molecule has 1 aromatic rings. The number of aromatic nitrogens is 3. The Balaban J connectivity index is 1.91. The molecule has 1 aliphatic rings. The molecule has 1 aromatic heterocycles. The van der Waals surface area contributed by atoms with Gasteiger partial charge in [-0.15, -0.1) is 4.98 Å². The summed E-state index contributed by atoms with van der Waals surface area (Å²) < 4.78 is 11.2. The molecule has 1 fully saturated rings. The Morgan fingerprint density at radius 1 is 1.00 bits per heavy atom. The van der Waals surface area contributed by atoms with Crippen LogP contribution in [0.1, 0.15) is 52.4 Å². The number of rotatable bonds is 10. The molecule has 1 aliphatic carbocycles. The maximum atomic E-state index is 5.67. The van der Waals surface area contributed by atoms with Gasteiger partial charge < -0.3 is 14.8 Å². The first-order valence-corrected chi connectivity index (χ1v) is 8.07. The standard InChI is InChI=1S/C15H26N4O2/c1-3-9-16-13-17-14(20-10-4-2)19-15(18-13)21-11-8-12-6-5-7-12/h12H,3-11H2,1-2H3,(H,16,17,18,19). The molecule has 0 spiro atoms. The summed E-state index contributed by atoms with van der Waals surface area (Å²) in [6.45, 7) is 6.22. The van der Waals surface area contributed by atoms with Gasteiger partial charge in [0, 0.05) is 6.54 Å². The molecule has 0 saturated heterocycles. The highest BCUT2D eigenvalue weighted by Gasteiger charge is 2.17. The van der Waals surface area contributed by atoms with Crippen molar-refractivity contribution in [3.8, 4) is 12.0 Å². The minimum atomic E-state index is 0.337. The number of anilines is 1. The van der Waals surface area contributed by atoms with E-state index in [9.17, 15) is 0 Å². The summed E-state index contributed by atoms with van der Waals surface area (Å²) in [5.41, 5.74) is 0. The molecule has 0 radical (unpaired) electrons. The van der Waals surface area contributed by atoms with Gasteiger partial charge in [0.2, 0.25) is 5.95 Å². The number of nitrogens with one attached hydrogen (secondary N) is 1. The first-order valence-electron chi connectivity index (χ1n) is 8.07. The largest absolute Gasteiger partial charge is 0.463 e. The monoisotopic (exact) mass is 294 g/mol. The molecule has 0 aromatic carbocycles. The topological polar surface area (TPSA) is 69.2 Å². The molecule has 0 atom stereocenters. The predicted molar refractivity (Wildman–Crippen MR) is 81.8 cm³/mol. The number of ether oxygens (including phenoxy) is 2. The zero-order chi connectivity index (χ0) is 14.9. The molecule has 21 heavy (non-hydrogen) atoms. The maximum Gasteiger partial charge on any atom is 0.324 e. The maximum absolute atomic E-state index is 5.67. The molecule has 118 valence electrons. The summed E-state index contributed by atoms with van der Waals surface area (Å²) >= 11 is 0. The summed E-state index contributed by atoms with van der Waals surface area (Å²) in [7, 11) is 0. The van der Waals surface area contributed by atoms with E-state index >= 15 is 0 Å². The molecule has 1 heterocycles. The molecule has 1 N–H and O–H groups in total. The number of hydrogen-bond acceptors (Lipinski definition) is 6. The molecule has 2 rings (SSSR count). The Bertz CT molecular complexity index is 398. The van der Waals surface area contributed by atoms with Crippen molar-refractivity contribution in [3.05, 3.63) is 0 Å². The van der Waals surface area contributed by atoms with E-state index in [2.05, 4.69) is 27.2 Å². The van der Waals surface area contributed by atoms with Crippen LogP contribution in [0.15, 0.2) is 0 Å². The lowest BCUT2D eigenvalue weighted by Gasteiger charge is -2.24. The SMILES string of the molecule is CCCNc1nc(OCCC)nc(OCCC2CCC2)n1. The normalized spacial score (nSPS) is 14.6. The van der Waals surface area contributed by atoms with Crippen LogP contribution in [-0.2, 0) is 0 Å². The lowest BCUT2D eigenvalue weighted by atomic mass is 9.83. The molecule has 0 bridgehead atoms. The van der Waals surface area contributed by atoms with Crippen LogP contribution in [0.2, 0.25) is 0 Å². The van der Waals surface area contributed by atoms with Crippen molar-refractivity contribution >= 4 is 5.95 Å². The first kappa shape index (κ1) is 15.8. The lowest BCUT2D eigenvalue weighted by molar-refractivity contribution is 0.207. The van der Waals surface area contributed by atoms with E-state index < -0.39 is 0 Å². The minimum absolute atomic E-state index is 0.337. The average Bonchev–Trinajstić information content (AvgIpc) is 2.45. The van der Waals surface area contributed by atoms with E-state index in [4.69, 9.17) is 9.47 Å². The van der Waals surface area contributed by atoms with E-state index in [1.165, 1.54) is 19.3 Å². The van der Waals surface area contributed by atoms with Crippen LogP contribution in [0.25, 0.3) is 0 Å². The van der Waals surface area contributed by atoms with Crippen molar-refractivity contribution in [1.82, 2.24) is 15.0 Å². The van der Waals surface area contributed by atoms with Gasteiger partial charge in [-0.3, -0.25) is 0 Å². The van der Waals surface area contributed by atoms with E-state index in [-0.39, 0.29) is 0 Å². The molecule has 1 saturated carbocycles. The zero-order valence-electron chi connectivity index (χ0n) is 13.1. The number of hydrogen-bond donors (Lipinski definition) is 1. The molecule has 0 unspecified atom stereocenters. The van der Waals surface area contributed by atoms with Gasteiger partial charge >= 0.3 is 12.0 Å². The Kier molecular flexibility index (Phi) is 6.50. The van der Waals surface area contributed by atoms with Crippen molar-refractivity contribution in [3.63, 3.8) is 0 Å². The fraction of sp³-hybridized carbons (Fsp3) is 0.800. The van der Waals surface area contributed by atoms with Crippen LogP contribution in [0, 0.1) is 5.92 Å². The number of nitrogens with zero attached hydrogens (tertiary/aromatic N) is 3. The Morgan fingerprint density at radius 2 is 1.71 bits per heavy atom. The summed E-state index contributed by atoms with van der Waals surface area (Å²) in [4.78, 5) is 12.7. The van der Waals surface area contributed by atoms with Gasteiger partial charge in [0.05, 0.1) is 13.2 Å². The quantitative estimate of drug-likeness (QED) is 0.715. The van der Waals surface area contributed by atoms with Crippen molar-refractivity contribution < 1.29 is 9.47 Å². The highest BCUT2D eigenvalue weighted by atomic mass is 16.5. The van der Waals surface area contributed by atoms with Gasteiger partial charge in [0.25, 0.3) is 0 Å². The van der Waals surface area contributed by atoms with Gasteiger partial charge in [-0.25, -0.2) is 0 Å². The van der Waals surface area contributed by atoms with E-state index in [0.29, 0.717) is 31.2 Å². The molecule has 0 aliphatic heterocycles. The Labute approximate surface area is 126 Å². The third-order valence-electron chi connectivity index (χ3n) is 3.54. The second-order valence-electron chi connectivity index (χ2n) is 5.43. The smallest absolute Gasteiger partial charge is 0.324 e. The van der Waals surface area contributed by atoms with E-state index in [1.807, 2.05) is 6.92 Å². The molecular weight excluding hydrogens is 268 g/mol. The second kappa shape index (κ2) is 8.64. The Morgan fingerprint density at radius 3 is 2.29 bits per heavy atom. The molecule has 0 amide bonds. The molecule has 6 nitrogen and oxygen atoms in total. The fourth-order valence-corrected chi connectivity index (χ4v) is 2.07. The Hall–Kier alpha value is -1.59. The van der Waals surface area contributed by atoms with Crippen molar-refractivity contribution in [2.75, 3.05) is 25.1 Å². The minimum Gasteiger partial charge on any atom is -0.463 e.